The van der Waals surface area contributed by atoms with Crippen LogP contribution in [0.15, 0.2) is 6.20 Å². The van der Waals surface area contributed by atoms with E-state index in [0.29, 0.717) is 23.8 Å². The van der Waals surface area contributed by atoms with Gasteiger partial charge in [0, 0.05) is 42.6 Å². The summed E-state index contributed by atoms with van der Waals surface area (Å²) < 4.78 is 12.4. The van der Waals surface area contributed by atoms with Gasteiger partial charge in [-0.05, 0) is 0 Å². The third kappa shape index (κ3) is 3.06. The molecule has 0 saturated heterocycles. The average molecular weight is 202 g/mol. The minimum atomic E-state index is -0.777. The smallest absolute Gasteiger partial charge is 0.171 e. The lowest BCUT2D eigenvalue weighted by atomic mass is 10.5. The molecule has 0 fully saturated rings. The number of nitrogens with zero attached hydrogens (tertiary/aromatic N) is 2. The first kappa shape index (κ1) is 10.0. The maximum Gasteiger partial charge on any atom is 0.171 e. The zero-order valence-electron chi connectivity index (χ0n) is 7.78. The number of aryl methyl sites for hydroxylation is 1. The third-order valence-corrected chi connectivity index (χ3v) is 2.32. The largest absolute Gasteiger partial charge is 0.394 e. The van der Waals surface area contributed by atoms with E-state index in [1.165, 1.54) is 0 Å². The zero-order chi connectivity index (χ0) is 9.84. The van der Waals surface area contributed by atoms with Gasteiger partial charge in [-0.1, -0.05) is 0 Å². The lowest BCUT2D eigenvalue weighted by molar-refractivity contribution is 0.687. The van der Waals surface area contributed by atoms with Gasteiger partial charge in [-0.15, -0.1) is 0 Å². The van der Waals surface area contributed by atoms with Gasteiger partial charge in [0.2, 0.25) is 0 Å². The normalized spacial score (nSPS) is 12.8. The molecule has 74 valence electrons. The van der Waals surface area contributed by atoms with Crippen LogP contribution in [0.3, 0.4) is 0 Å². The van der Waals surface area contributed by atoms with Crippen molar-refractivity contribution in [2.45, 2.75) is 0 Å². The van der Waals surface area contributed by atoms with Gasteiger partial charge in [0.25, 0.3) is 0 Å². The molecule has 5 nitrogen and oxygen atoms in total. The number of aromatic nitrogens is 2. The molecule has 0 amide bonds. The lowest BCUT2D eigenvalue weighted by Crippen LogP contribution is -2.11. The molecular weight excluding hydrogens is 188 g/mol. The monoisotopic (exact) mass is 202 g/mol. The molecule has 0 bridgehead atoms. The van der Waals surface area contributed by atoms with Crippen LogP contribution in [0.25, 0.3) is 0 Å². The van der Waals surface area contributed by atoms with Crippen LogP contribution < -0.4 is 11.1 Å². The molecule has 1 aromatic heterocycles. The van der Waals surface area contributed by atoms with Crippen molar-refractivity contribution in [3.8, 4) is 0 Å². The highest BCUT2D eigenvalue weighted by atomic mass is 32.2. The predicted molar refractivity (Wildman–Crippen MR) is 55.0 cm³/mol. The van der Waals surface area contributed by atoms with Crippen molar-refractivity contribution in [1.29, 1.82) is 0 Å². The second kappa shape index (κ2) is 4.27. The highest BCUT2D eigenvalue weighted by Crippen LogP contribution is 2.13. The maximum absolute atomic E-state index is 10.7. The minimum absolute atomic E-state index is 0.607. The Balaban J connectivity index is 2.45. The number of hydrogen-bond donors (Lipinski definition) is 2. The van der Waals surface area contributed by atoms with E-state index in [0.717, 1.165) is 0 Å². The van der Waals surface area contributed by atoms with Crippen LogP contribution in [-0.2, 0) is 17.8 Å². The van der Waals surface area contributed by atoms with Crippen LogP contribution in [0.1, 0.15) is 0 Å². The predicted octanol–water partition coefficient (Wildman–Crippen LogP) is -0.207. The van der Waals surface area contributed by atoms with Crippen LogP contribution in [-0.4, -0.2) is 32.5 Å². The summed E-state index contributed by atoms with van der Waals surface area (Å²) in [7, 11) is 1.03. The van der Waals surface area contributed by atoms with Crippen LogP contribution in [0.5, 0.6) is 0 Å². The Kier molecular flexibility index (Phi) is 3.30. The summed E-state index contributed by atoms with van der Waals surface area (Å²) in [6, 6.07) is 0. The van der Waals surface area contributed by atoms with E-state index in [4.69, 9.17) is 5.73 Å². The van der Waals surface area contributed by atoms with Gasteiger partial charge >= 0.3 is 0 Å². The van der Waals surface area contributed by atoms with Gasteiger partial charge in [-0.2, -0.15) is 5.10 Å². The molecule has 1 aromatic rings. The number of anilines is 2. The standard InChI is InChI=1S/C7H14N4OS/c1-11-5-6(8)7(10-11)9-3-4-13(2)12/h5H,3-4,8H2,1-2H3,(H,9,10). The van der Waals surface area contributed by atoms with Crippen molar-refractivity contribution < 1.29 is 4.21 Å². The van der Waals surface area contributed by atoms with Crippen LogP contribution in [0.2, 0.25) is 0 Å². The van der Waals surface area contributed by atoms with Crippen LogP contribution in [0, 0.1) is 0 Å². The zero-order valence-corrected chi connectivity index (χ0v) is 8.60. The molecule has 0 saturated carbocycles. The summed E-state index contributed by atoms with van der Waals surface area (Å²) in [6.07, 6.45) is 3.40. The molecule has 3 N–H and O–H groups in total. The molecule has 1 atom stereocenters. The molecule has 1 unspecified atom stereocenters. The molecule has 1 rings (SSSR count). The van der Waals surface area contributed by atoms with Gasteiger partial charge in [-0.3, -0.25) is 8.89 Å². The Morgan fingerprint density at radius 1 is 1.77 bits per heavy atom. The van der Waals surface area contributed by atoms with E-state index in [2.05, 4.69) is 10.4 Å². The number of nitrogens with one attached hydrogen (secondary N) is 1. The minimum Gasteiger partial charge on any atom is -0.394 e. The molecule has 6 heteroatoms. The lowest BCUT2D eigenvalue weighted by Gasteiger charge is -2.01. The van der Waals surface area contributed by atoms with E-state index in [1.54, 1.807) is 24.2 Å². The third-order valence-electron chi connectivity index (χ3n) is 1.54. The first-order chi connectivity index (χ1) is 6.09. The van der Waals surface area contributed by atoms with Gasteiger partial charge in [0.15, 0.2) is 5.82 Å². The summed E-state index contributed by atoms with van der Waals surface area (Å²) in [6.45, 7) is 0.629. The average Bonchev–Trinajstić information content (AvgIpc) is 2.29. The van der Waals surface area contributed by atoms with E-state index in [9.17, 15) is 4.21 Å². The van der Waals surface area contributed by atoms with Crippen molar-refractivity contribution in [1.82, 2.24) is 9.78 Å². The number of nitrogens with two attached hydrogens (primary N) is 1. The first-order valence-corrected chi connectivity index (χ1v) is 5.65. The highest BCUT2D eigenvalue weighted by molar-refractivity contribution is 7.84. The Labute approximate surface area is 79.8 Å². The van der Waals surface area contributed by atoms with Crippen molar-refractivity contribution >= 4 is 22.3 Å². The topological polar surface area (TPSA) is 72.9 Å². The first-order valence-electron chi connectivity index (χ1n) is 3.92. The van der Waals surface area contributed by atoms with Gasteiger partial charge in [-0.25, -0.2) is 0 Å². The fraction of sp³-hybridized carbons (Fsp3) is 0.571. The Hall–Kier alpha value is -1.04. The maximum atomic E-state index is 10.7. The molecular formula is C7H14N4OS. The van der Waals surface area contributed by atoms with E-state index >= 15 is 0 Å². The summed E-state index contributed by atoms with van der Waals surface area (Å²) in [5.74, 6) is 1.27. The van der Waals surface area contributed by atoms with E-state index in [-0.39, 0.29) is 0 Å². The molecule has 0 aliphatic heterocycles. The highest BCUT2D eigenvalue weighted by Gasteiger charge is 2.02. The Morgan fingerprint density at radius 2 is 2.46 bits per heavy atom. The second-order valence-corrected chi connectivity index (χ2v) is 4.37. The molecule has 13 heavy (non-hydrogen) atoms. The van der Waals surface area contributed by atoms with Crippen molar-refractivity contribution in [2.24, 2.45) is 7.05 Å². The fourth-order valence-corrected chi connectivity index (χ4v) is 1.35. The van der Waals surface area contributed by atoms with Gasteiger partial charge in [0.05, 0.1) is 5.69 Å². The number of hydrogen-bond acceptors (Lipinski definition) is 4. The van der Waals surface area contributed by atoms with E-state index in [1.807, 2.05) is 0 Å². The number of rotatable bonds is 4. The second-order valence-electron chi connectivity index (χ2n) is 2.81. The van der Waals surface area contributed by atoms with Gasteiger partial charge in [0.1, 0.15) is 0 Å². The van der Waals surface area contributed by atoms with Gasteiger partial charge < -0.3 is 11.1 Å². The number of nitrogen functional groups attached to an aromatic ring is 1. The Morgan fingerprint density at radius 3 is 2.92 bits per heavy atom. The van der Waals surface area contributed by atoms with Crippen molar-refractivity contribution in [3.05, 3.63) is 6.20 Å². The SMILES string of the molecule is Cn1cc(N)c(NCCS(C)=O)n1. The summed E-state index contributed by atoms with van der Waals surface area (Å²) >= 11 is 0. The molecule has 1 heterocycles. The molecule has 0 aromatic carbocycles. The summed E-state index contributed by atoms with van der Waals surface area (Å²) in [5.41, 5.74) is 6.25. The fourth-order valence-electron chi connectivity index (χ4n) is 0.957. The molecule has 0 radical (unpaired) electrons. The van der Waals surface area contributed by atoms with Crippen molar-refractivity contribution in [2.75, 3.05) is 29.6 Å². The molecule has 0 aliphatic rings. The molecule has 0 aliphatic carbocycles. The summed E-state index contributed by atoms with van der Waals surface area (Å²) in [5, 5.41) is 7.10. The van der Waals surface area contributed by atoms with Crippen LogP contribution >= 0.6 is 0 Å². The quantitative estimate of drug-likeness (QED) is 0.708. The van der Waals surface area contributed by atoms with E-state index < -0.39 is 10.8 Å². The van der Waals surface area contributed by atoms with Crippen LogP contribution in [0.4, 0.5) is 11.5 Å². The van der Waals surface area contributed by atoms with Crippen molar-refractivity contribution in [3.63, 3.8) is 0 Å². The Bertz CT molecular complexity index is 309. The molecule has 0 spiro atoms. The summed E-state index contributed by atoms with van der Waals surface area (Å²) in [4.78, 5) is 0.